The number of nitrogens with zero attached hydrogens (tertiary/aromatic N) is 4. The molecule has 0 aromatic carbocycles. The Hall–Kier alpha value is -1.94. The molecule has 1 aliphatic heterocycles. The van der Waals surface area contributed by atoms with Crippen molar-refractivity contribution in [2.45, 2.75) is 121 Å². The van der Waals surface area contributed by atoms with E-state index < -0.39 is 38.3 Å². The lowest BCUT2D eigenvalue weighted by Crippen LogP contribution is -2.41. The predicted molar refractivity (Wildman–Crippen MR) is 160 cm³/mol. The van der Waals surface area contributed by atoms with Gasteiger partial charge in [-0.2, -0.15) is 10.4 Å². The third kappa shape index (κ3) is 10.3. The number of aliphatic hydroxyl groups excluding tert-OH is 2. The number of nitriles is 1. The van der Waals surface area contributed by atoms with Crippen LogP contribution in [0.25, 0.3) is 5.52 Å². The number of ether oxygens (including phenoxy) is 2. The van der Waals surface area contributed by atoms with Crippen molar-refractivity contribution in [3.05, 3.63) is 29.8 Å². The van der Waals surface area contributed by atoms with E-state index in [1.165, 1.54) is 75.1 Å². The van der Waals surface area contributed by atoms with Crippen LogP contribution in [0.4, 0.5) is 0 Å². The molecule has 0 spiro atoms. The fraction of sp³-hybridized carbons (Fsp3) is 0.767. The van der Waals surface area contributed by atoms with E-state index in [4.69, 9.17) is 18.5 Å². The summed E-state index contributed by atoms with van der Waals surface area (Å²) in [4.78, 5) is 14.2. The maximum absolute atomic E-state index is 12.4. The summed E-state index contributed by atoms with van der Waals surface area (Å²) in [5, 5.41) is 35.5. The van der Waals surface area contributed by atoms with Gasteiger partial charge in [-0.15, -0.1) is 0 Å². The number of aliphatic hydroxyl groups is 2. The standard InChI is InChI=1S/C30H49N4O8P/c1-3-4-5-6-7-8-9-10-11-12-13-14-18-39-19-15-20-40-43(37,38)41-21-26-28(35)29(36)30(22-31,42-26)27-17-16-25-24(2)32-23-33-34(25)27/h16-17,23,26,28-29,35-36H,3-15,18-21H2,1-2H3,(H,37,38)/t26-,28-,29-,30+/m1/s1. The minimum Gasteiger partial charge on any atom is -0.387 e. The Morgan fingerprint density at radius 3 is 2.26 bits per heavy atom. The fourth-order valence-corrected chi connectivity index (χ4v) is 6.12. The van der Waals surface area contributed by atoms with Crippen molar-refractivity contribution in [3.8, 4) is 6.07 Å². The van der Waals surface area contributed by atoms with Gasteiger partial charge in [-0.05, 0) is 31.9 Å². The summed E-state index contributed by atoms with van der Waals surface area (Å²) in [5.41, 5.74) is -0.540. The molecule has 1 unspecified atom stereocenters. The van der Waals surface area contributed by atoms with Crippen molar-refractivity contribution in [1.29, 1.82) is 5.26 Å². The summed E-state index contributed by atoms with van der Waals surface area (Å²) >= 11 is 0. The lowest BCUT2D eigenvalue weighted by atomic mass is 9.92. The maximum Gasteiger partial charge on any atom is 0.472 e. The second-order valence-electron chi connectivity index (χ2n) is 11.3. The number of unbranched alkanes of at least 4 members (excludes halogenated alkanes) is 11. The van der Waals surface area contributed by atoms with Crippen LogP contribution in [-0.4, -0.2) is 74.4 Å². The zero-order valence-corrected chi connectivity index (χ0v) is 26.5. The third-order valence-electron chi connectivity index (χ3n) is 7.88. The van der Waals surface area contributed by atoms with Crippen molar-refractivity contribution in [3.63, 3.8) is 0 Å². The molecule has 0 aliphatic carbocycles. The van der Waals surface area contributed by atoms with Gasteiger partial charge in [0.2, 0.25) is 5.60 Å². The average molecular weight is 625 g/mol. The topological polar surface area (TPSA) is 169 Å². The highest BCUT2D eigenvalue weighted by molar-refractivity contribution is 7.47. The van der Waals surface area contributed by atoms with Crippen LogP contribution < -0.4 is 0 Å². The molecule has 3 heterocycles. The monoisotopic (exact) mass is 624 g/mol. The first-order valence-electron chi connectivity index (χ1n) is 15.7. The van der Waals surface area contributed by atoms with Crippen molar-refractivity contribution >= 4 is 13.3 Å². The molecule has 1 aliphatic rings. The number of rotatable bonds is 22. The zero-order chi connectivity index (χ0) is 31.1. The minimum absolute atomic E-state index is 0.0553. The molecule has 13 heteroatoms. The van der Waals surface area contributed by atoms with Gasteiger partial charge in [0.1, 0.15) is 30.7 Å². The molecule has 5 atom stereocenters. The number of fused-ring (bicyclic) bond motifs is 1. The van der Waals surface area contributed by atoms with Crippen molar-refractivity contribution in [2.24, 2.45) is 0 Å². The van der Waals surface area contributed by atoms with Crippen LogP contribution >= 0.6 is 7.82 Å². The van der Waals surface area contributed by atoms with Gasteiger partial charge in [0.15, 0.2) is 0 Å². The summed E-state index contributed by atoms with van der Waals surface area (Å²) in [6.07, 6.45) is 12.6. The maximum atomic E-state index is 12.4. The normalized spacial score (nSPS) is 23.5. The number of aromatic nitrogens is 3. The molecule has 3 N–H and O–H groups in total. The Labute approximate surface area is 254 Å². The van der Waals surface area contributed by atoms with E-state index in [0.29, 0.717) is 30.8 Å². The second kappa shape index (κ2) is 18.1. The van der Waals surface area contributed by atoms with E-state index in [1.54, 1.807) is 19.1 Å². The molecule has 0 amide bonds. The predicted octanol–water partition coefficient (Wildman–Crippen LogP) is 5.12. The molecule has 2 aromatic heterocycles. The Bertz CT molecular complexity index is 1190. The van der Waals surface area contributed by atoms with E-state index in [0.717, 1.165) is 12.8 Å². The van der Waals surface area contributed by atoms with Gasteiger partial charge in [-0.1, -0.05) is 77.6 Å². The third-order valence-corrected chi connectivity index (χ3v) is 8.87. The molecule has 2 aromatic rings. The Balaban J connectivity index is 1.28. The summed E-state index contributed by atoms with van der Waals surface area (Å²) in [7, 11) is -4.47. The largest absolute Gasteiger partial charge is 0.472 e. The van der Waals surface area contributed by atoms with Gasteiger partial charge >= 0.3 is 7.82 Å². The molecule has 1 fully saturated rings. The Kier molecular flexibility index (Phi) is 15.0. The van der Waals surface area contributed by atoms with Gasteiger partial charge < -0.3 is 24.6 Å². The summed E-state index contributed by atoms with van der Waals surface area (Å²) in [6.45, 7) is 4.42. The summed E-state index contributed by atoms with van der Waals surface area (Å²) < 4.78 is 35.2. The van der Waals surface area contributed by atoms with E-state index in [2.05, 4.69) is 17.0 Å². The van der Waals surface area contributed by atoms with Gasteiger partial charge in [0, 0.05) is 13.2 Å². The van der Waals surface area contributed by atoms with Gasteiger partial charge in [0.05, 0.1) is 30.1 Å². The molecule has 0 radical (unpaired) electrons. The molecule has 12 nitrogen and oxygen atoms in total. The lowest BCUT2D eigenvalue weighted by Gasteiger charge is -2.24. The highest BCUT2D eigenvalue weighted by Gasteiger charge is 2.57. The number of hydrogen-bond acceptors (Lipinski definition) is 10. The van der Waals surface area contributed by atoms with E-state index in [9.17, 15) is 24.9 Å². The van der Waals surface area contributed by atoms with Crippen molar-refractivity contribution in [2.75, 3.05) is 26.4 Å². The SMILES string of the molecule is CCCCCCCCCCCCCCOCCCOP(=O)(O)OC[C@H]1O[C@@](C#N)(c2ccc3c(C)ncnn23)[C@H](O)[C@@H]1O. The first kappa shape index (κ1) is 35.5. The Morgan fingerprint density at radius 2 is 1.60 bits per heavy atom. The molecule has 242 valence electrons. The van der Waals surface area contributed by atoms with E-state index >= 15 is 0 Å². The highest BCUT2D eigenvalue weighted by atomic mass is 31.2. The summed E-state index contributed by atoms with van der Waals surface area (Å²) in [6, 6.07) is 5.17. The molecule has 0 saturated carbocycles. The molecular formula is C30H49N4O8P. The van der Waals surface area contributed by atoms with Gasteiger partial charge in [0.25, 0.3) is 0 Å². The molecule has 43 heavy (non-hydrogen) atoms. The first-order valence-corrected chi connectivity index (χ1v) is 17.2. The van der Waals surface area contributed by atoms with Crippen LogP contribution in [0.3, 0.4) is 0 Å². The molecule has 3 rings (SSSR count). The number of phosphoric acid groups is 1. The number of phosphoric ester groups is 1. The second-order valence-corrected chi connectivity index (χ2v) is 12.7. The number of aryl methyl sites for hydroxylation is 1. The number of hydrogen-bond donors (Lipinski definition) is 3. The molecule has 0 bridgehead atoms. The first-order chi connectivity index (χ1) is 20.8. The molecule has 1 saturated heterocycles. The van der Waals surface area contributed by atoms with E-state index in [1.807, 2.05) is 6.07 Å². The fourth-order valence-electron chi connectivity index (χ4n) is 5.35. The van der Waals surface area contributed by atoms with Crippen LogP contribution in [0, 0.1) is 18.3 Å². The van der Waals surface area contributed by atoms with Crippen molar-refractivity contribution < 1.29 is 38.2 Å². The summed E-state index contributed by atoms with van der Waals surface area (Å²) in [5.74, 6) is 0. The minimum atomic E-state index is -4.47. The van der Waals surface area contributed by atoms with Crippen LogP contribution in [0.5, 0.6) is 0 Å². The molecular weight excluding hydrogens is 575 g/mol. The highest BCUT2D eigenvalue weighted by Crippen LogP contribution is 2.46. The average Bonchev–Trinajstić information content (AvgIpc) is 3.54. The van der Waals surface area contributed by atoms with Crippen LogP contribution in [-0.2, 0) is 28.7 Å². The lowest BCUT2D eigenvalue weighted by molar-refractivity contribution is -0.0643. The van der Waals surface area contributed by atoms with Crippen LogP contribution in [0.1, 0.15) is 102 Å². The van der Waals surface area contributed by atoms with Crippen molar-refractivity contribution in [1.82, 2.24) is 14.6 Å². The Morgan fingerprint density at radius 1 is 0.977 bits per heavy atom. The smallest absolute Gasteiger partial charge is 0.387 e. The van der Waals surface area contributed by atoms with Gasteiger partial charge in [-0.3, -0.25) is 9.05 Å². The van der Waals surface area contributed by atoms with Gasteiger partial charge in [-0.25, -0.2) is 14.1 Å². The van der Waals surface area contributed by atoms with E-state index in [-0.39, 0.29) is 12.3 Å². The van der Waals surface area contributed by atoms with Crippen LogP contribution in [0.2, 0.25) is 0 Å². The zero-order valence-electron chi connectivity index (χ0n) is 25.6. The van der Waals surface area contributed by atoms with Crippen LogP contribution in [0.15, 0.2) is 18.5 Å². The quantitative estimate of drug-likeness (QED) is 0.117.